The fourth-order valence-electron chi connectivity index (χ4n) is 2.08. The topological polar surface area (TPSA) is 26.3 Å². The minimum Gasteiger partial charge on any atom is -0.496 e. The van der Waals surface area contributed by atoms with Gasteiger partial charge < -0.3 is 9.53 Å². The fourth-order valence-corrected chi connectivity index (χ4v) is 2.20. The first kappa shape index (κ1) is 13.6. The zero-order valence-corrected chi connectivity index (χ0v) is 11.4. The monoisotopic (exact) mass is 274 g/mol. The second-order valence-electron chi connectivity index (χ2n) is 4.32. The molecule has 0 bridgehead atoms. The van der Waals surface area contributed by atoms with Gasteiger partial charge in [0.15, 0.2) is 0 Å². The summed E-state index contributed by atoms with van der Waals surface area (Å²) in [5, 5.41) is 0.698. The Bertz CT molecular complexity index is 549. The molecule has 2 nitrogen and oxygen atoms in total. The molecule has 0 heterocycles. The van der Waals surface area contributed by atoms with Crippen LogP contribution in [-0.4, -0.2) is 13.4 Å². The van der Waals surface area contributed by atoms with E-state index in [1.807, 2.05) is 48.5 Å². The first-order chi connectivity index (χ1) is 9.24. The summed E-state index contributed by atoms with van der Waals surface area (Å²) in [7, 11) is 1.61. The van der Waals surface area contributed by atoms with Crippen LogP contribution in [0.25, 0.3) is 0 Å². The van der Waals surface area contributed by atoms with Gasteiger partial charge in [0.1, 0.15) is 12.0 Å². The summed E-state index contributed by atoms with van der Waals surface area (Å²) in [6.45, 7) is 0. The van der Waals surface area contributed by atoms with E-state index < -0.39 is 0 Å². The molecule has 2 aromatic carbocycles. The Hall–Kier alpha value is -1.80. The zero-order valence-electron chi connectivity index (χ0n) is 10.7. The minimum atomic E-state index is -0.211. The second-order valence-corrected chi connectivity index (χ2v) is 4.75. The quantitative estimate of drug-likeness (QED) is 0.774. The van der Waals surface area contributed by atoms with Crippen molar-refractivity contribution < 1.29 is 9.53 Å². The van der Waals surface area contributed by atoms with E-state index >= 15 is 0 Å². The molecule has 3 heteroatoms. The Labute approximate surface area is 118 Å². The van der Waals surface area contributed by atoms with Crippen LogP contribution < -0.4 is 4.74 Å². The number of para-hydroxylation sites is 1. The number of ether oxygens (including phenoxy) is 1. The van der Waals surface area contributed by atoms with Crippen molar-refractivity contribution >= 4 is 17.9 Å². The van der Waals surface area contributed by atoms with E-state index in [1.165, 1.54) is 0 Å². The number of benzene rings is 2. The zero-order chi connectivity index (χ0) is 13.7. The molecule has 0 amide bonds. The molecule has 0 saturated heterocycles. The Balaban J connectivity index is 2.25. The van der Waals surface area contributed by atoms with Gasteiger partial charge in [-0.05, 0) is 30.2 Å². The SMILES string of the molecule is COc1ccccc1C(C=O)Cc1ccc(Cl)cc1. The summed E-state index contributed by atoms with van der Waals surface area (Å²) < 4.78 is 5.30. The van der Waals surface area contributed by atoms with Crippen molar-refractivity contribution in [2.24, 2.45) is 0 Å². The Morgan fingerprint density at radius 3 is 2.47 bits per heavy atom. The largest absolute Gasteiger partial charge is 0.496 e. The van der Waals surface area contributed by atoms with Crippen LogP contribution in [0, 0.1) is 0 Å². The third kappa shape index (κ3) is 3.36. The first-order valence-electron chi connectivity index (χ1n) is 6.07. The third-order valence-electron chi connectivity index (χ3n) is 3.07. The van der Waals surface area contributed by atoms with Crippen LogP contribution in [0.3, 0.4) is 0 Å². The summed E-state index contributed by atoms with van der Waals surface area (Å²) in [6.07, 6.45) is 1.60. The smallest absolute Gasteiger partial charge is 0.127 e. The van der Waals surface area contributed by atoms with Crippen molar-refractivity contribution in [3.05, 3.63) is 64.7 Å². The van der Waals surface area contributed by atoms with Crippen LogP contribution in [0.1, 0.15) is 17.0 Å². The number of rotatable bonds is 5. The molecule has 0 fully saturated rings. The Morgan fingerprint density at radius 2 is 1.84 bits per heavy atom. The number of carbonyl (C=O) groups excluding carboxylic acids is 1. The Morgan fingerprint density at radius 1 is 1.16 bits per heavy atom. The van der Waals surface area contributed by atoms with Gasteiger partial charge in [0, 0.05) is 16.5 Å². The van der Waals surface area contributed by atoms with E-state index in [9.17, 15) is 4.79 Å². The van der Waals surface area contributed by atoms with Gasteiger partial charge in [0.25, 0.3) is 0 Å². The molecule has 98 valence electrons. The lowest BCUT2D eigenvalue weighted by Crippen LogP contribution is -2.06. The lowest BCUT2D eigenvalue weighted by molar-refractivity contribution is -0.109. The highest BCUT2D eigenvalue weighted by molar-refractivity contribution is 6.30. The minimum absolute atomic E-state index is 0.211. The van der Waals surface area contributed by atoms with E-state index in [-0.39, 0.29) is 5.92 Å². The summed E-state index contributed by atoms with van der Waals surface area (Å²) in [5.74, 6) is 0.533. The summed E-state index contributed by atoms with van der Waals surface area (Å²) >= 11 is 5.86. The van der Waals surface area contributed by atoms with Crippen LogP contribution in [0.5, 0.6) is 5.75 Å². The standard InChI is InChI=1S/C16H15ClO2/c1-19-16-5-3-2-4-15(16)13(11-18)10-12-6-8-14(17)9-7-12/h2-9,11,13H,10H2,1H3. The molecule has 0 spiro atoms. The highest BCUT2D eigenvalue weighted by atomic mass is 35.5. The first-order valence-corrected chi connectivity index (χ1v) is 6.45. The summed E-state index contributed by atoms with van der Waals surface area (Å²) in [5.41, 5.74) is 1.99. The average Bonchev–Trinajstić information content (AvgIpc) is 2.46. The normalized spacial score (nSPS) is 11.9. The van der Waals surface area contributed by atoms with Crippen molar-refractivity contribution in [3.63, 3.8) is 0 Å². The fraction of sp³-hybridized carbons (Fsp3) is 0.188. The van der Waals surface area contributed by atoms with Gasteiger partial charge in [-0.15, -0.1) is 0 Å². The van der Waals surface area contributed by atoms with Crippen molar-refractivity contribution in [2.75, 3.05) is 7.11 Å². The average molecular weight is 275 g/mol. The maximum absolute atomic E-state index is 11.4. The van der Waals surface area contributed by atoms with E-state index in [0.29, 0.717) is 11.4 Å². The second kappa shape index (κ2) is 6.39. The molecule has 1 unspecified atom stereocenters. The van der Waals surface area contributed by atoms with Gasteiger partial charge in [-0.25, -0.2) is 0 Å². The molecule has 2 aromatic rings. The highest BCUT2D eigenvalue weighted by Gasteiger charge is 2.15. The number of hydrogen-bond donors (Lipinski definition) is 0. The lowest BCUT2D eigenvalue weighted by atomic mass is 9.92. The highest BCUT2D eigenvalue weighted by Crippen LogP contribution is 2.28. The van der Waals surface area contributed by atoms with Crippen LogP contribution in [0.2, 0.25) is 5.02 Å². The maximum Gasteiger partial charge on any atom is 0.127 e. The number of carbonyl (C=O) groups is 1. The van der Waals surface area contributed by atoms with Crippen LogP contribution in [-0.2, 0) is 11.2 Å². The number of hydrogen-bond acceptors (Lipinski definition) is 2. The Kier molecular flexibility index (Phi) is 4.58. The van der Waals surface area contributed by atoms with Gasteiger partial charge in [0.05, 0.1) is 7.11 Å². The molecule has 0 aliphatic carbocycles. The predicted octanol–water partition coefficient (Wildman–Crippen LogP) is 3.87. The molecule has 0 aromatic heterocycles. The van der Waals surface area contributed by atoms with Crippen molar-refractivity contribution in [1.82, 2.24) is 0 Å². The molecule has 0 radical (unpaired) electrons. The van der Waals surface area contributed by atoms with Crippen LogP contribution in [0.4, 0.5) is 0 Å². The predicted molar refractivity (Wildman–Crippen MR) is 77.0 cm³/mol. The molecule has 19 heavy (non-hydrogen) atoms. The molecule has 1 atom stereocenters. The van der Waals surface area contributed by atoms with Gasteiger partial charge >= 0.3 is 0 Å². The van der Waals surface area contributed by atoms with E-state index in [1.54, 1.807) is 7.11 Å². The summed E-state index contributed by atoms with van der Waals surface area (Å²) in [4.78, 5) is 11.4. The van der Waals surface area contributed by atoms with E-state index in [0.717, 1.165) is 23.2 Å². The molecule has 0 N–H and O–H groups in total. The molecule has 0 aliphatic rings. The molecular formula is C16H15ClO2. The summed E-state index contributed by atoms with van der Waals surface area (Å²) in [6, 6.07) is 15.1. The van der Waals surface area contributed by atoms with E-state index in [2.05, 4.69) is 0 Å². The van der Waals surface area contributed by atoms with Crippen LogP contribution >= 0.6 is 11.6 Å². The van der Waals surface area contributed by atoms with Crippen LogP contribution in [0.15, 0.2) is 48.5 Å². The van der Waals surface area contributed by atoms with Crippen molar-refractivity contribution in [1.29, 1.82) is 0 Å². The van der Waals surface area contributed by atoms with E-state index in [4.69, 9.17) is 16.3 Å². The maximum atomic E-state index is 11.4. The van der Waals surface area contributed by atoms with Crippen molar-refractivity contribution in [2.45, 2.75) is 12.3 Å². The number of aldehydes is 1. The van der Waals surface area contributed by atoms with Gasteiger partial charge in [-0.1, -0.05) is 41.9 Å². The van der Waals surface area contributed by atoms with Gasteiger partial charge in [-0.3, -0.25) is 0 Å². The number of halogens is 1. The number of methoxy groups -OCH3 is 1. The third-order valence-corrected chi connectivity index (χ3v) is 3.32. The molecule has 0 saturated carbocycles. The lowest BCUT2D eigenvalue weighted by Gasteiger charge is -2.14. The molecule has 0 aliphatic heterocycles. The van der Waals surface area contributed by atoms with Crippen molar-refractivity contribution in [3.8, 4) is 5.75 Å². The van der Waals surface area contributed by atoms with Gasteiger partial charge in [0.2, 0.25) is 0 Å². The van der Waals surface area contributed by atoms with Gasteiger partial charge in [-0.2, -0.15) is 0 Å². The molecular weight excluding hydrogens is 260 g/mol. The molecule has 2 rings (SSSR count).